The second kappa shape index (κ2) is 11.8. The molecule has 3 saturated heterocycles. The average molecular weight is 723 g/mol. The molecule has 25 heteroatoms. The van der Waals surface area contributed by atoms with Crippen molar-refractivity contribution in [1.82, 2.24) is 39.0 Å². The van der Waals surface area contributed by atoms with Crippen LogP contribution in [0.4, 0.5) is 16.2 Å². The summed E-state index contributed by atoms with van der Waals surface area (Å²) in [5.74, 6) is -0.125. The Morgan fingerprint density at radius 1 is 0.957 bits per heavy atom. The second-order valence-electron chi connectivity index (χ2n) is 10.3. The van der Waals surface area contributed by atoms with E-state index in [2.05, 4.69) is 29.9 Å². The van der Waals surface area contributed by atoms with Gasteiger partial charge < -0.3 is 44.5 Å². The molecule has 4 aromatic heterocycles. The SMILES string of the molecule is CO[C@H]1[C@H]2OP(O)(=S)OC[C@H]3O[C@@H](n4cnc5c(N)ncnc54)[C@H](F)[C@@H]3OP(O)(=S)OC[C@H]1O[C@H]2n1cnc2c(=O)[nH]c(N)nc21. The molecule has 7 rings (SSSR count). The van der Waals surface area contributed by atoms with Crippen LogP contribution in [0.25, 0.3) is 22.3 Å². The minimum Gasteiger partial charge on any atom is -0.382 e. The van der Waals surface area contributed by atoms with Gasteiger partial charge in [-0.25, -0.2) is 24.3 Å². The first-order chi connectivity index (χ1) is 21.9. The topological polar surface area (TPSA) is 264 Å². The highest BCUT2D eigenvalue weighted by atomic mass is 32.5. The number of anilines is 2. The van der Waals surface area contributed by atoms with Gasteiger partial charge in [0.15, 0.2) is 41.3 Å². The minimum atomic E-state index is -4.21. The molecular weight excluding hydrogens is 697 g/mol. The van der Waals surface area contributed by atoms with E-state index in [0.29, 0.717) is 0 Å². The van der Waals surface area contributed by atoms with Gasteiger partial charge in [-0.15, -0.1) is 0 Å². The number of methoxy groups -OCH3 is 1. The highest BCUT2D eigenvalue weighted by molar-refractivity contribution is 8.07. The Kier molecular flexibility index (Phi) is 8.20. The number of hydrogen-bond donors (Lipinski definition) is 5. The van der Waals surface area contributed by atoms with Crippen molar-refractivity contribution in [2.45, 2.75) is 49.1 Å². The van der Waals surface area contributed by atoms with Crippen LogP contribution < -0.4 is 17.0 Å². The van der Waals surface area contributed by atoms with Crippen LogP contribution in [0.5, 0.6) is 0 Å². The molecular formula is C21H25FN10O10P2S2. The molecule has 10 atom stereocenters. The number of nitrogens with zero attached hydrogens (tertiary/aromatic N) is 7. The van der Waals surface area contributed by atoms with Crippen molar-refractivity contribution in [1.29, 1.82) is 0 Å². The lowest BCUT2D eigenvalue weighted by atomic mass is 10.1. The maximum absolute atomic E-state index is 16.1. The van der Waals surface area contributed by atoms with E-state index in [1.54, 1.807) is 0 Å². The third-order valence-electron chi connectivity index (χ3n) is 7.52. The number of ether oxygens (including phenoxy) is 3. The Labute approximate surface area is 266 Å². The summed E-state index contributed by atoms with van der Waals surface area (Å²) in [7, 11) is 1.34. The summed E-state index contributed by atoms with van der Waals surface area (Å²) in [5.41, 5.74) is 11.4. The number of nitrogens with two attached hydrogens (primary N) is 2. The average Bonchev–Trinajstić information content (AvgIpc) is 3.75. The van der Waals surface area contributed by atoms with Crippen LogP contribution in [0.2, 0.25) is 0 Å². The summed E-state index contributed by atoms with van der Waals surface area (Å²) >= 11 is 10.6. The van der Waals surface area contributed by atoms with Gasteiger partial charge in [-0.05, 0) is 23.6 Å². The van der Waals surface area contributed by atoms with Crippen molar-refractivity contribution in [3.63, 3.8) is 0 Å². The number of H-pyrrole nitrogens is 1. The van der Waals surface area contributed by atoms with Crippen LogP contribution in [0.3, 0.4) is 0 Å². The van der Waals surface area contributed by atoms with E-state index in [-0.39, 0.29) is 34.1 Å². The molecule has 0 radical (unpaired) electrons. The van der Waals surface area contributed by atoms with Gasteiger partial charge in [0.1, 0.15) is 42.4 Å². The number of aromatic nitrogens is 8. The van der Waals surface area contributed by atoms with E-state index in [1.165, 1.54) is 35.2 Å². The van der Waals surface area contributed by atoms with Gasteiger partial charge in [0.25, 0.3) is 5.56 Å². The number of imidazole rings is 2. The van der Waals surface area contributed by atoms with E-state index >= 15 is 4.39 Å². The van der Waals surface area contributed by atoms with Crippen LogP contribution >= 0.6 is 13.4 Å². The fourth-order valence-electron chi connectivity index (χ4n) is 5.53. The predicted molar refractivity (Wildman–Crippen MR) is 160 cm³/mol. The Hall–Kier alpha value is -2.63. The third-order valence-corrected chi connectivity index (χ3v) is 10.6. The van der Waals surface area contributed by atoms with Crippen LogP contribution in [0, 0.1) is 0 Å². The molecule has 20 nitrogen and oxygen atoms in total. The van der Waals surface area contributed by atoms with Crippen LogP contribution in [-0.2, 0) is 55.9 Å². The molecule has 0 aliphatic carbocycles. The summed E-state index contributed by atoms with van der Waals surface area (Å²) in [5, 5.41) is 0. The zero-order valence-corrected chi connectivity index (χ0v) is 26.7. The minimum absolute atomic E-state index is 0.0291. The lowest BCUT2D eigenvalue weighted by Crippen LogP contribution is -2.37. The highest BCUT2D eigenvalue weighted by Gasteiger charge is 2.53. The molecule has 3 fully saturated rings. The molecule has 2 unspecified atom stereocenters. The molecule has 0 amide bonds. The summed E-state index contributed by atoms with van der Waals surface area (Å²) in [6.45, 7) is -9.43. The van der Waals surface area contributed by atoms with Crippen molar-refractivity contribution in [3.05, 3.63) is 29.3 Å². The third kappa shape index (κ3) is 5.64. The normalized spacial score (nSPS) is 37.1. The number of nitrogens with one attached hydrogen (secondary N) is 1. The van der Waals surface area contributed by atoms with Crippen molar-refractivity contribution >= 4 is 71.1 Å². The largest absolute Gasteiger partial charge is 0.382 e. The number of aromatic amines is 1. The smallest absolute Gasteiger partial charge is 0.325 e. The quantitative estimate of drug-likeness (QED) is 0.167. The molecule has 4 aromatic rings. The zero-order valence-electron chi connectivity index (χ0n) is 23.3. The predicted octanol–water partition coefficient (Wildman–Crippen LogP) is -0.477. The summed E-state index contributed by atoms with van der Waals surface area (Å²) in [6.07, 6.45) is -7.04. The van der Waals surface area contributed by atoms with Crippen LogP contribution in [0.1, 0.15) is 12.5 Å². The molecule has 3 aliphatic rings. The maximum Gasteiger partial charge on any atom is 0.325 e. The van der Waals surface area contributed by atoms with Crippen molar-refractivity contribution in [2.75, 3.05) is 31.8 Å². The zero-order chi connectivity index (χ0) is 32.5. The van der Waals surface area contributed by atoms with Gasteiger partial charge in [-0.2, -0.15) is 4.98 Å². The monoisotopic (exact) mass is 722 g/mol. The number of fused-ring (bicyclic) bond motifs is 5. The molecule has 248 valence electrons. The molecule has 7 N–H and O–H groups in total. The number of nitrogen functional groups attached to an aromatic ring is 2. The lowest BCUT2D eigenvalue weighted by Gasteiger charge is -2.28. The molecule has 0 aromatic carbocycles. The van der Waals surface area contributed by atoms with Gasteiger partial charge >= 0.3 is 13.4 Å². The van der Waals surface area contributed by atoms with Gasteiger partial charge in [-0.3, -0.25) is 28.0 Å². The number of halogens is 1. The van der Waals surface area contributed by atoms with E-state index < -0.39 is 81.4 Å². The second-order valence-corrected chi connectivity index (χ2v) is 15.9. The van der Waals surface area contributed by atoms with Gasteiger partial charge in [-0.1, -0.05) is 0 Å². The number of rotatable bonds is 3. The van der Waals surface area contributed by atoms with Gasteiger partial charge in [0, 0.05) is 7.11 Å². The first-order valence-corrected chi connectivity index (χ1v) is 18.5. The Morgan fingerprint density at radius 2 is 1.59 bits per heavy atom. The summed E-state index contributed by atoms with van der Waals surface area (Å²) in [4.78, 5) is 57.4. The van der Waals surface area contributed by atoms with Crippen LogP contribution in [0.15, 0.2) is 23.8 Å². The van der Waals surface area contributed by atoms with E-state index in [4.69, 9.17) is 67.4 Å². The fourth-order valence-corrected chi connectivity index (χ4v) is 8.38. The molecule has 3 aliphatic heterocycles. The van der Waals surface area contributed by atoms with E-state index in [1.807, 2.05) is 0 Å². The van der Waals surface area contributed by atoms with Gasteiger partial charge in [0.05, 0.1) is 25.9 Å². The van der Waals surface area contributed by atoms with Gasteiger partial charge in [0.2, 0.25) is 5.95 Å². The Morgan fingerprint density at radius 3 is 2.30 bits per heavy atom. The molecule has 46 heavy (non-hydrogen) atoms. The highest BCUT2D eigenvalue weighted by Crippen LogP contribution is 2.54. The number of alkyl halides is 1. The molecule has 7 heterocycles. The first kappa shape index (κ1) is 31.9. The molecule has 0 saturated carbocycles. The molecule has 0 spiro atoms. The van der Waals surface area contributed by atoms with Crippen molar-refractivity contribution in [3.8, 4) is 0 Å². The fraction of sp³-hybridized carbons (Fsp3) is 0.524. The number of hydrogen-bond acceptors (Lipinski definition) is 17. The van der Waals surface area contributed by atoms with Crippen molar-refractivity contribution < 1.29 is 46.5 Å². The van der Waals surface area contributed by atoms with Crippen molar-refractivity contribution in [2.24, 2.45) is 0 Å². The maximum atomic E-state index is 16.1. The lowest BCUT2D eigenvalue weighted by molar-refractivity contribution is -0.0607. The van der Waals surface area contributed by atoms with E-state index in [0.717, 1.165) is 0 Å². The van der Waals surface area contributed by atoms with Crippen LogP contribution in [-0.4, -0.2) is 106 Å². The van der Waals surface area contributed by atoms with E-state index in [9.17, 15) is 14.6 Å². The first-order valence-electron chi connectivity index (χ1n) is 13.3. The Bertz CT molecular complexity index is 1970. The standard InChI is InChI=1S/C21H25FN10O10P2S2/c1-36-13-8-3-38-43(34,45)41-12-7(39-19(9(12)22)31-5-27-10-15(23)25-4-26-16(10)31)2-37-44(35,46)42-14(13)20(40-8)32-6-28-11-17(32)29-21(24)30-18(11)33/h4-9,12-14,19-20H,2-3H2,1H3,(H,34,45)(H,35,46)(H2,23,25,26)(H3,24,29,30,33)/t7-,8-,9-,12-,13-,14-,19-,20-,43?,44?/m1/s1. The molecule has 2 bridgehead atoms. The Balaban J connectivity index is 1.22. The summed E-state index contributed by atoms with van der Waals surface area (Å²) < 4.78 is 59.2. The summed E-state index contributed by atoms with van der Waals surface area (Å²) in [6, 6.07) is 0.